The number of benzene rings is 9. The first-order chi connectivity index (χ1) is 44.8. The second-order valence-corrected chi connectivity index (χ2v) is 31.6. The van der Waals surface area contributed by atoms with Gasteiger partial charge in [-0.15, -0.1) is 0 Å². The lowest BCUT2D eigenvalue weighted by Gasteiger charge is -2.22. The molecule has 0 heterocycles. The zero-order valence-electron chi connectivity index (χ0n) is 53.0. The molecule has 0 fully saturated rings. The number of amides is 3. The molecule has 0 atom stereocenters. The smallest absolute Gasteiger partial charge is 0.232 e. The number of rotatable bonds is 34. The van der Waals surface area contributed by atoms with Gasteiger partial charge in [0.15, 0.2) is 21.4 Å². The molecule has 0 spiro atoms. The summed E-state index contributed by atoms with van der Waals surface area (Å²) in [6.45, 7) is 7.66. The molecule has 0 aliphatic heterocycles. The van der Waals surface area contributed by atoms with E-state index >= 15 is 13.7 Å². The van der Waals surface area contributed by atoms with Gasteiger partial charge in [-0.2, -0.15) is 0 Å². The van der Waals surface area contributed by atoms with E-state index in [1.165, 1.54) is 0 Å². The van der Waals surface area contributed by atoms with Crippen molar-refractivity contribution in [2.75, 3.05) is 54.3 Å². The minimum absolute atomic E-state index is 0.199. The molecule has 3 N–H and O–H groups in total. The number of ether oxygens (including phenoxy) is 3. The first kappa shape index (κ1) is 67.9. The van der Waals surface area contributed by atoms with Crippen LogP contribution in [0.5, 0.6) is 17.2 Å². The lowest BCUT2D eigenvalue weighted by atomic mass is 9.95. The second kappa shape index (κ2) is 33.7. The highest BCUT2D eigenvalue weighted by atomic mass is 31.2. The van der Waals surface area contributed by atoms with Gasteiger partial charge in [-0.05, 0) is 67.8 Å². The fourth-order valence-corrected chi connectivity index (χ4v) is 18.7. The van der Waals surface area contributed by atoms with E-state index in [1.807, 2.05) is 146 Å². The third kappa shape index (κ3) is 18.2. The topological polar surface area (TPSA) is 166 Å². The summed E-state index contributed by atoms with van der Waals surface area (Å²) in [6.07, 6.45) is 7.72. The molecule has 12 nitrogen and oxygen atoms in total. The Bertz CT molecular complexity index is 3680. The SMILES string of the molecule is CCCCCOc1ccc(NC(=O)CP(=O)(c2ccccc2)c2ccccc2)cc1Cc1cc(NC(=O)CP(=O)(c2ccccc2)c2ccccc2)cc(Cc2cc(NC(=O)CP(=O)(c3ccccc3)c3ccccc3)ccc2OCCCCC)c1OCCCCC. The second-order valence-electron chi connectivity index (χ2n) is 23.1. The van der Waals surface area contributed by atoms with Crippen LogP contribution < -0.4 is 62.0 Å². The summed E-state index contributed by atoms with van der Waals surface area (Å²) in [7, 11) is -10.4. The normalized spacial score (nSPS) is 11.6. The van der Waals surface area contributed by atoms with E-state index in [9.17, 15) is 14.4 Å². The van der Waals surface area contributed by atoms with Crippen molar-refractivity contribution in [3.8, 4) is 17.2 Å². The number of carbonyl (C=O) groups excluding carboxylic acids is 3. The van der Waals surface area contributed by atoms with Crippen molar-refractivity contribution in [2.24, 2.45) is 0 Å². The molecule has 0 saturated carbocycles. The highest BCUT2D eigenvalue weighted by molar-refractivity contribution is 7.80. The Hall–Kier alpha value is -8.52. The third-order valence-corrected chi connectivity index (χ3v) is 25.1. The molecule has 9 aromatic rings. The van der Waals surface area contributed by atoms with Crippen LogP contribution in [0.1, 0.15) is 101 Å². The quantitative estimate of drug-likeness (QED) is 0.0263. The van der Waals surface area contributed by atoms with E-state index in [0.29, 0.717) is 108 Å². The minimum Gasteiger partial charge on any atom is -0.493 e. The van der Waals surface area contributed by atoms with Crippen molar-refractivity contribution in [2.45, 2.75) is 91.4 Å². The Balaban J connectivity index is 1.14. The number of hydrogen-bond donors (Lipinski definition) is 3. The van der Waals surface area contributed by atoms with Crippen molar-refractivity contribution in [1.82, 2.24) is 0 Å². The van der Waals surface area contributed by atoms with Crippen LogP contribution in [-0.2, 0) is 40.9 Å². The van der Waals surface area contributed by atoms with Crippen LogP contribution >= 0.6 is 21.4 Å². The van der Waals surface area contributed by atoms with Gasteiger partial charge in [-0.3, -0.25) is 14.4 Å². The molecule has 0 aromatic heterocycles. The Labute approximate surface area is 543 Å². The molecule has 9 aromatic carbocycles. The maximum absolute atomic E-state index is 15.4. The summed E-state index contributed by atoms with van der Waals surface area (Å²) >= 11 is 0. The van der Waals surface area contributed by atoms with E-state index in [4.69, 9.17) is 14.2 Å². The summed E-state index contributed by atoms with van der Waals surface area (Å²) in [5.74, 6) is 0.434. The van der Waals surface area contributed by atoms with Crippen LogP contribution in [-0.4, -0.2) is 56.0 Å². The molecule has 9 rings (SSSR count). The van der Waals surface area contributed by atoms with Gasteiger partial charge in [-0.1, -0.05) is 241 Å². The average molecular weight is 1290 g/mol. The molecule has 0 saturated heterocycles. The molecule has 476 valence electrons. The molecule has 92 heavy (non-hydrogen) atoms. The third-order valence-electron chi connectivity index (χ3n) is 16.1. The lowest BCUT2D eigenvalue weighted by Crippen LogP contribution is -2.26. The molecule has 15 heteroatoms. The van der Waals surface area contributed by atoms with E-state index < -0.39 is 39.1 Å². The molecule has 0 aliphatic carbocycles. The van der Waals surface area contributed by atoms with E-state index in [-0.39, 0.29) is 31.3 Å². The average Bonchev–Trinajstić information content (AvgIpc) is 0.841. The molecule has 0 aliphatic rings. The van der Waals surface area contributed by atoms with Crippen molar-refractivity contribution in [3.63, 3.8) is 0 Å². The molecular weight excluding hydrogens is 1200 g/mol. The molecular formula is C77H84N3O9P3. The Kier molecular flexibility index (Phi) is 24.9. The predicted molar refractivity (Wildman–Crippen MR) is 380 cm³/mol. The molecule has 0 unspecified atom stereocenters. The van der Waals surface area contributed by atoms with Gasteiger partial charge in [0.25, 0.3) is 0 Å². The molecule has 0 bridgehead atoms. The minimum atomic E-state index is -3.53. The van der Waals surface area contributed by atoms with Crippen LogP contribution in [0.2, 0.25) is 0 Å². The number of anilines is 3. The first-order valence-electron chi connectivity index (χ1n) is 32.1. The van der Waals surface area contributed by atoms with Gasteiger partial charge in [0.05, 0.1) is 38.3 Å². The van der Waals surface area contributed by atoms with Crippen LogP contribution in [0, 0.1) is 0 Å². The van der Waals surface area contributed by atoms with Gasteiger partial charge >= 0.3 is 0 Å². The summed E-state index contributed by atoms with van der Waals surface area (Å²) in [5, 5.41) is 12.8. The van der Waals surface area contributed by atoms with Crippen LogP contribution in [0.25, 0.3) is 0 Å². The van der Waals surface area contributed by atoms with Crippen molar-refractivity contribution >= 4 is 88.0 Å². The Morgan fingerprint density at radius 3 is 0.859 bits per heavy atom. The van der Waals surface area contributed by atoms with Gasteiger partial charge in [-0.25, -0.2) is 0 Å². The summed E-state index contributed by atoms with van der Waals surface area (Å²) in [6, 6.07) is 69.6. The zero-order chi connectivity index (χ0) is 64.6. The standard InChI is InChI=1S/C77H84N3O9P3/c1-4-7-28-47-87-72-45-43-63(78-74(81)56-90(84,66-31-16-10-17-32-66)67-33-18-11-19-34-67)52-59(72)50-61-54-65(80-76(83)58-92(86,70-39-24-14-25-40-70)71-41-26-15-27-42-71)55-62(77(61)89-49-30-9-6-3)51-60-53-64(44-46-73(60)88-48-29-8-5-2)79-75(82)57-91(85,68-35-20-12-21-36-68)69-37-22-13-23-38-69/h10-27,31-46,52-55H,4-9,28-30,47-51,56-58H2,1-3H3,(H,78,81)(H,79,82)(H,80,83). The van der Waals surface area contributed by atoms with E-state index in [0.717, 1.165) is 57.8 Å². The highest BCUT2D eigenvalue weighted by Gasteiger charge is 2.34. The van der Waals surface area contributed by atoms with E-state index in [2.05, 4.69) is 36.7 Å². The van der Waals surface area contributed by atoms with E-state index in [1.54, 1.807) is 84.9 Å². The number of hydrogen-bond acceptors (Lipinski definition) is 9. The van der Waals surface area contributed by atoms with Crippen LogP contribution in [0.3, 0.4) is 0 Å². The first-order valence-corrected chi connectivity index (χ1v) is 37.8. The highest BCUT2D eigenvalue weighted by Crippen LogP contribution is 2.46. The maximum atomic E-state index is 15.4. The largest absolute Gasteiger partial charge is 0.493 e. The van der Waals surface area contributed by atoms with Crippen molar-refractivity contribution in [3.05, 3.63) is 253 Å². The maximum Gasteiger partial charge on any atom is 0.232 e. The van der Waals surface area contributed by atoms with Gasteiger partial charge in [0.1, 0.15) is 17.2 Å². The van der Waals surface area contributed by atoms with Crippen molar-refractivity contribution < 1.29 is 42.3 Å². The Morgan fingerprint density at radius 2 is 0.576 bits per heavy atom. The number of carbonyl (C=O) groups is 3. The van der Waals surface area contributed by atoms with Gasteiger partial charge in [0, 0.05) is 84.0 Å². The van der Waals surface area contributed by atoms with Gasteiger partial charge in [0.2, 0.25) is 17.7 Å². The van der Waals surface area contributed by atoms with Crippen molar-refractivity contribution in [1.29, 1.82) is 0 Å². The zero-order valence-corrected chi connectivity index (χ0v) is 55.7. The number of nitrogens with one attached hydrogen (secondary N) is 3. The summed E-state index contributed by atoms with van der Waals surface area (Å²) in [5.41, 5.74) is 4.18. The summed E-state index contributed by atoms with van der Waals surface area (Å²) < 4.78 is 66.0. The van der Waals surface area contributed by atoms with Crippen LogP contribution in [0.15, 0.2) is 231 Å². The Morgan fingerprint density at radius 1 is 0.315 bits per heavy atom. The fourth-order valence-electron chi connectivity index (χ4n) is 11.4. The molecule has 0 radical (unpaired) electrons. The fraction of sp³-hybridized carbons (Fsp3) is 0.260. The monoisotopic (exact) mass is 1290 g/mol. The number of unbranched alkanes of at least 4 members (excludes halogenated alkanes) is 6. The predicted octanol–water partition coefficient (Wildman–Crippen LogP) is 15.4. The molecule has 3 amide bonds. The van der Waals surface area contributed by atoms with Crippen LogP contribution in [0.4, 0.5) is 17.1 Å². The summed E-state index contributed by atoms with van der Waals surface area (Å²) in [4.78, 5) is 43.7. The lowest BCUT2D eigenvalue weighted by molar-refractivity contribution is -0.114. The van der Waals surface area contributed by atoms with Gasteiger partial charge < -0.3 is 43.9 Å².